The Kier molecular flexibility index (Phi) is 4.18. The van der Waals surface area contributed by atoms with Crippen LogP contribution in [0.5, 0.6) is 0 Å². The van der Waals surface area contributed by atoms with Crippen LogP contribution in [0.4, 0.5) is 0 Å². The second-order valence-corrected chi connectivity index (χ2v) is 8.68. The molecule has 0 saturated heterocycles. The van der Waals surface area contributed by atoms with Gasteiger partial charge in [-0.25, -0.2) is 0 Å². The molecule has 7 rings (SSSR count). The lowest BCUT2D eigenvalue weighted by atomic mass is 10.0. The molecular formula is C31H18N4. The molecule has 0 spiro atoms. The first-order valence-electron chi connectivity index (χ1n) is 11.5. The maximum absolute atomic E-state index is 9.17. The standard InChI is InChI=1S/C31H18N4/c32-19-20-13-15-21(16-14-20)30-25-10-3-4-11-26(25)31(34-33-30)35-28-12-6-5-9-24(28)27-17-22-7-1-2-8-23(22)18-29(27)35/h1-18H. The third-order valence-corrected chi connectivity index (χ3v) is 6.71. The zero-order chi connectivity index (χ0) is 23.4. The maximum Gasteiger partial charge on any atom is 0.168 e. The van der Waals surface area contributed by atoms with Gasteiger partial charge < -0.3 is 0 Å². The largest absolute Gasteiger partial charge is 0.292 e. The van der Waals surface area contributed by atoms with E-state index in [-0.39, 0.29) is 0 Å². The average molecular weight is 447 g/mol. The van der Waals surface area contributed by atoms with Gasteiger partial charge in [-0.1, -0.05) is 78.9 Å². The van der Waals surface area contributed by atoms with Crippen LogP contribution in [-0.4, -0.2) is 14.8 Å². The summed E-state index contributed by atoms with van der Waals surface area (Å²) in [6.45, 7) is 0. The first kappa shape index (κ1) is 19.5. The minimum atomic E-state index is 0.625. The lowest BCUT2D eigenvalue weighted by molar-refractivity contribution is 0.977. The van der Waals surface area contributed by atoms with E-state index in [0.717, 1.165) is 38.9 Å². The summed E-state index contributed by atoms with van der Waals surface area (Å²) in [6, 6.07) is 39.4. The van der Waals surface area contributed by atoms with Crippen LogP contribution in [0.2, 0.25) is 0 Å². The van der Waals surface area contributed by atoms with Crippen LogP contribution in [0.25, 0.3) is 60.4 Å². The number of nitrogens with zero attached hydrogens (tertiary/aromatic N) is 4. The second-order valence-electron chi connectivity index (χ2n) is 8.68. The molecule has 35 heavy (non-hydrogen) atoms. The van der Waals surface area contributed by atoms with Gasteiger partial charge in [-0.3, -0.25) is 4.57 Å². The average Bonchev–Trinajstić information content (AvgIpc) is 3.24. The van der Waals surface area contributed by atoms with Gasteiger partial charge in [-0.15, -0.1) is 10.2 Å². The van der Waals surface area contributed by atoms with Gasteiger partial charge in [-0.05, 0) is 41.1 Å². The van der Waals surface area contributed by atoms with Crippen molar-refractivity contribution >= 4 is 43.4 Å². The van der Waals surface area contributed by atoms with Gasteiger partial charge in [0.15, 0.2) is 5.82 Å². The predicted molar refractivity (Wildman–Crippen MR) is 142 cm³/mol. The van der Waals surface area contributed by atoms with Crippen molar-refractivity contribution < 1.29 is 0 Å². The molecule has 0 atom stereocenters. The SMILES string of the molecule is N#Cc1ccc(-c2nnc(-n3c4ccccc4c4cc5ccccc5cc43)c3ccccc23)cc1. The van der Waals surface area contributed by atoms with E-state index in [2.05, 4.69) is 83.4 Å². The second kappa shape index (κ2) is 7.51. The van der Waals surface area contributed by atoms with Crippen molar-refractivity contribution in [3.8, 4) is 23.1 Å². The van der Waals surface area contributed by atoms with Crippen molar-refractivity contribution in [3.05, 3.63) is 115 Å². The van der Waals surface area contributed by atoms with E-state index in [9.17, 15) is 5.26 Å². The van der Waals surface area contributed by atoms with Gasteiger partial charge in [-0.2, -0.15) is 5.26 Å². The van der Waals surface area contributed by atoms with Crippen molar-refractivity contribution in [2.24, 2.45) is 0 Å². The van der Waals surface area contributed by atoms with E-state index in [1.54, 1.807) is 0 Å². The van der Waals surface area contributed by atoms with Crippen molar-refractivity contribution in [3.63, 3.8) is 0 Å². The highest BCUT2D eigenvalue weighted by Crippen LogP contribution is 2.37. The van der Waals surface area contributed by atoms with Gasteiger partial charge in [0.1, 0.15) is 5.69 Å². The molecule has 0 radical (unpaired) electrons. The molecule has 0 saturated carbocycles. The Morgan fingerprint density at radius 3 is 2.00 bits per heavy atom. The molecular weight excluding hydrogens is 428 g/mol. The molecule has 0 aliphatic heterocycles. The Labute approximate surface area is 201 Å². The summed E-state index contributed by atoms with van der Waals surface area (Å²) in [5.74, 6) is 0.805. The Hall–Kier alpha value is -5.01. The Morgan fingerprint density at radius 1 is 0.571 bits per heavy atom. The topological polar surface area (TPSA) is 54.5 Å². The van der Waals surface area contributed by atoms with Crippen molar-refractivity contribution in [1.29, 1.82) is 5.26 Å². The maximum atomic E-state index is 9.17. The van der Waals surface area contributed by atoms with E-state index in [1.807, 2.05) is 36.4 Å². The highest BCUT2D eigenvalue weighted by atomic mass is 15.2. The fourth-order valence-corrected chi connectivity index (χ4v) is 5.05. The molecule has 2 heterocycles. The summed E-state index contributed by atoms with van der Waals surface area (Å²) >= 11 is 0. The summed E-state index contributed by atoms with van der Waals surface area (Å²) < 4.78 is 2.23. The Morgan fingerprint density at radius 2 is 1.23 bits per heavy atom. The Balaban J connectivity index is 1.57. The zero-order valence-electron chi connectivity index (χ0n) is 18.7. The molecule has 0 unspecified atom stereocenters. The number of para-hydroxylation sites is 1. The van der Waals surface area contributed by atoms with E-state index < -0.39 is 0 Å². The summed E-state index contributed by atoms with van der Waals surface area (Å²) in [4.78, 5) is 0. The van der Waals surface area contributed by atoms with Gasteiger partial charge in [0, 0.05) is 27.1 Å². The highest BCUT2D eigenvalue weighted by Gasteiger charge is 2.18. The van der Waals surface area contributed by atoms with Crippen LogP contribution in [-0.2, 0) is 0 Å². The number of hydrogen-bond acceptors (Lipinski definition) is 3. The van der Waals surface area contributed by atoms with E-state index in [4.69, 9.17) is 10.2 Å². The smallest absolute Gasteiger partial charge is 0.168 e. The van der Waals surface area contributed by atoms with Crippen LogP contribution in [0.1, 0.15) is 5.56 Å². The van der Waals surface area contributed by atoms with Crippen LogP contribution < -0.4 is 0 Å². The quantitative estimate of drug-likeness (QED) is 0.278. The van der Waals surface area contributed by atoms with Gasteiger partial charge in [0.05, 0.1) is 22.7 Å². The summed E-state index contributed by atoms with van der Waals surface area (Å²) in [7, 11) is 0. The Bertz CT molecular complexity index is 1960. The molecule has 0 amide bonds. The normalized spacial score (nSPS) is 11.4. The third kappa shape index (κ3) is 2.92. The van der Waals surface area contributed by atoms with E-state index in [0.29, 0.717) is 5.56 Å². The fourth-order valence-electron chi connectivity index (χ4n) is 5.05. The lowest BCUT2D eigenvalue weighted by Gasteiger charge is -2.12. The minimum absolute atomic E-state index is 0.625. The monoisotopic (exact) mass is 446 g/mol. The molecule has 162 valence electrons. The molecule has 0 aliphatic carbocycles. The predicted octanol–water partition coefficient (Wildman–Crippen LogP) is 7.42. The number of fused-ring (bicyclic) bond motifs is 5. The number of hydrogen-bond donors (Lipinski definition) is 0. The molecule has 4 nitrogen and oxygen atoms in total. The lowest BCUT2D eigenvalue weighted by Crippen LogP contribution is -2.02. The summed E-state index contributed by atoms with van der Waals surface area (Å²) in [6.07, 6.45) is 0. The summed E-state index contributed by atoms with van der Waals surface area (Å²) in [5, 5.41) is 25.5. The van der Waals surface area contributed by atoms with Crippen LogP contribution >= 0.6 is 0 Å². The molecule has 4 heteroatoms. The highest BCUT2D eigenvalue weighted by molar-refractivity contribution is 6.14. The van der Waals surface area contributed by atoms with Gasteiger partial charge in [0.25, 0.3) is 0 Å². The molecule has 2 aromatic heterocycles. The molecule has 0 N–H and O–H groups in total. The molecule has 0 bridgehead atoms. The molecule has 5 aromatic carbocycles. The zero-order valence-corrected chi connectivity index (χ0v) is 18.7. The van der Waals surface area contributed by atoms with E-state index in [1.165, 1.54) is 21.5 Å². The van der Waals surface area contributed by atoms with Crippen molar-refractivity contribution in [2.75, 3.05) is 0 Å². The first-order valence-corrected chi connectivity index (χ1v) is 11.5. The number of rotatable bonds is 2. The minimum Gasteiger partial charge on any atom is -0.292 e. The van der Waals surface area contributed by atoms with E-state index >= 15 is 0 Å². The van der Waals surface area contributed by atoms with Crippen molar-refractivity contribution in [2.45, 2.75) is 0 Å². The number of aromatic nitrogens is 3. The molecule has 0 fully saturated rings. The molecule has 7 aromatic rings. The number of nitriles is 1. The van der Waals surface area contributed by atoms with Gasteiger partial charge in [0.2, 0.25) is 0 Å². The first-order chi connectivity index (χ1) is 17.3. The van der Waals surface area contributed by atoms with Crippen LogP contribution in [0.15, 0.2) is 109 Å². The van der Waals surface area contributed by atoms with Crippen LogP contribution in [0.3, 0.4) is 0 Å². The van der Waals surface area contributed by atoms with Crippen molar-refractivity contribution in [1.82, 2.24) is 14.8 Å². The van der Waals surface area contributed by atoms with Crippen LogP contribution in [0, 0.1) is 11.3 Å². The summed E-state index contributed by atoms with van der Waals surface area (Å²) in [5.41, 5.74) is 4.58. The van der Waals surface area contributed by atoms with Gasteiger partial charge >= 0.3 is 0 Å². The fraction of sp³-hybridized carbons (Fsp3) is 0. The number of benzene rings is 5. The third-order valence-electron chi connectivity index (χ3n) is 6.71. The molecule has 0 aliphatic rings.